The molecule has 1 aromatic heterocycles. The minimum atomic E-state index is -4.43. The smallest absolute Gasteiger partial charge is 0.368 e. The van der Waals surface area contributed by atoms with Crippen LogP contribution in [0.1, 0.15) is 5.56 Å². The Balaban J connectivity index is 3.04. The van der Waals surface area contributed by atoms with Gasteiger partial charge in [-0.2, -0.15) is 13.2 Å². The number of hydrogen-bond acceptors (Lipinski definition) is 2. The SMILES string of the molecule is FC(F)(F)c1cc(Br)cnc1NCCCl. The largest absolute Gasteiger partial charge is 0.419 e. The zero-order valence-corrected chi connectivity index (χ0v) is 9.75. The van der Waals surface area contributed by atoms with Crippen molar-refractivity contribution >= 4 is 33.3 Å². The maximum absolute atomic E-state index is 12.5. The molecule has 0 saturated heterocycles. The molecule has 0 amide bonds. The van der Waals surface area contributed by atoms with Crippen LogP contribution < -0.4 is 5.32 Å². The molecule has 0 bridgehead atoms. The predicted molar refractivity (Wildman–Crippen MR) is 56.1 cm³/mol. The standard InChI is InChI=1S/C8H7BrClF3N2/c9-5-3-6(8(11,12)13)7(15-4-5)14-2-1-10/h3-4H,1-2H2,(H,14,15). The molecule has 1 N–H and O–H groups in total. The van der Waals surface area contributed by atoms with E-state index < -0.39 is 11.7 Å². The van der Waals surface area contributed by atoms with E-state index >= 15 is 0 Å². The highest BCUT2D eigenvalue weighted by atomic mass is 79.9. The van der Waals surface area contributed by atoms with Crippen LogP contribution in [0.4, 0.5) is 19.0 Å². The lowest BCUT2D eigenvalue weighted by Gasteiger charge is -2.12. The average Bonchev–Trinajstić information content (AvgIpc) is 2.14. The van der Waals surface area contributed by atoms with Gasteiger partial charge in [0.2, 0.25) is 0 Å². The Labute approximate surface area is 98.0 Å². The molecule has 0 unspecified atom stereocenters. The second-order valence-electron chi connectivity index (χ2n) is 2.66. The summed E-state index contributed by atoms with van der Waals surface area (Å²) in [5.74, 6) is 0.0148. The third kappa shape index (κ3) is 3.53. The number of nitrogens with zero attached hydrogens (tertiary/aromatic N) is 1. The van der Waals surface area contributed by atoms with Crippen LogP contribution in [-0.2, 0) is 6.18 Å². The van der Waals surface area contributed by atoms with E-state index in [1.165, 1.54) is 6.20 Å². The fourth-order valence-corrected chi connectivity index (χ4v) is 1.39. The Bertz CT molecular complexity index is 343. The van der Waals surface area contributed by atoms with Gasteiger partial charge in [0.15, 0.2) is 0 Å². The van der Waals surface area contributed by atoms with Gasteiger partial charge in [0, 0.05) is 23.1 Å². The molecule has 1 rings (SSSR count). The number of hydrogen-bond donors (Lipinski definition) is 1. The van der Waals surface area contributed by atoms with Crippen LogP contribution in [0.3, 0.4) is 0 Å². The van der Waals surface area contributed by atoms with Crippen molar-refractivity contribution in [2.75, 3.05) is 17.7 Å². The topological polar surface area (TPSA) is 24.9 Å². The molecule has 7 heteroatoms. The summed E-state index contributed by atoms with van der Waals surface area (Å²) in [5, 5.41) is 2.51. The molecular weight excluding hydrogens is 296 g/mol. The lowest BCUT2D eigenvalue weighted by Crippen LogP contribution is -2.13. The van der Waals surface area contributed by atoms with Gasteiger partial charge in [0.05, 0.1) is 5.56 Å². The van der Waals surface area contributed by atoms with Crippen LogP contribution in [0, 0.1) is 0 Å². The number of nitrogens with one attached hydrogen (secondary N) is 1. The minimum absolute atomic E-state index is 0.202. The van der Waals surface area contributed by atoms with E-state index in [2.05, 4.69) is 26.2 Å². The van der Waals surface area contributed by atoms with Gasteiger partial charge < -0.3 is 5.32 Å². The summed E-state index contributed by atoms with van der Waals surface area (Å²) < 4.78 is 37.8. The number of rotatable bonds is 3. The Hall–Kier alpha value is -0.490. The van der Waals surface area contributed by atoms with E-state index in [0.29, 0.717) is 0 Å². The molecule has 1 heterocycles. The van der Waals surface area contributed by atoms with Crippen LogP contribution in [0.2, 0.25) is 0 Å². The Morgan fingerprint density at radius 3 is 2.67 bits per heavy atom. The van der Waals surface area contributed by atoms with E-state index in [-0.39, 0.29) is 22.7 Å². The number of halogens is 5. The molecule has 15 heavy (non-hydrogen) atoms. The van der Waals surface area contributed by atoms with E-state index in [9.17, 15) is 13.2 Å². The summed E-state index contributed by atoms with van der Waals surface area (Å²) in [6.45, 7) is 0.235. The van der Waals surface area contributed by atoms with Gasteiger partial charge in [-0.25, -0.2) is 4.98 Å². The highest BCUT2D eigenvalue weighted by Gasteiger charge is 2.34. The fraction of sp³-hybridized carbons (Fsp3) is 0.375. The zero-order valence-electron chi connectivity index (χ0n) is 7.41. The van der Waals surface area contributed by atoms with Gasteiger partial charge in [0.25, 0.3) is 0 Å². The minimum Gasteiger partial charge on any atom is -0.368 e. The van der Waals surface area contributed by atoms with Crippen LogP contribution in [0.5, 0.6) is 0 Å². The molecule has 0 saturated carbocycles. The fourth-order valence-electron chi connectivity index (χ4n) is 0.962. The Morgan fingerprint density at radius 2 is 2.13 bits per heavy atom. The first-order chi connectivity index (χ1) is 6.95. The summed E-state index contributed by atoms with van der Waals surface area (Å²) in [6.07, 6.45) is -3.13. The van der Waals surface area contributed by atoms with Crippen molar-refractivity contribution in [3.8, 4) is 0 Å². The van der Waals surface area contributed by atoms with Crippen molar-refractivity contribution in [1.29, 1.82) is 0 Å². The average molecular weight is 304 g/mol. The highest BCUT2D eigenvalue weighted by molar-refractivity contribution is 9.10. The lowest BCUT2D eigenvalue weighted by atomic mass is 10.2. The van der Waals surface area contributed by atoms with Crippen molar-refractivity contribution in [2.45, 2.75) is 6.18 Å². The number of anilines is 1. The first-order valence-corrected chi connectivity index (χ1v) is 5.30. The molecule has 0 aromatic carbocycles. The number of aromatic nitrogens is 1. The van der Waals surface area contributed by atoms with Crippen molar-refractivity contribution in [2.24, 2.45) is 0 Å². The maximum atomic E-state index is 12.5. The van der Waals surface area contributed by atoms with Crippen molar-refractivity contribution in [3.63, 3.8) is 0 Å². The van der Waals surface area contributed by atoms with Gasteiger partial charge in [-0.3, -0.25) is 0 Å². The van der Waals surface area contributed by atoms with E-state index in [1.807, 2.05) is 0 Å². The summed E-state index contributed by atoms with van der Waals surface area (Å²) in [4.78, 5) is 3.65. The molecule has 0 aliphatic heterocycles. The number of pyridine rings is 1. The first-order valence-electron chi connectivity index (χ1n) is 3.97. The Kier molecular flexibility index (Phi) is 4.21. The van der Waals surface area contributed by atoms with Gasteiger partial charge in [-0.1, -0.05) is 0 Å². The van der Waals surface area contributed by atoms with E-state index in [4.69, 9.17) is 11.6 Å². The van der Waals surface area contributed by atoms with Gasteiger partial charge in [-0.15, -0.1) is 11.6 Å². The van der Waals surface area contributed by atoms with Crippen molar-refractivity contribution in [3.05, 3.63) is 22.3 Å². The summed E-state index contributed by atoms with van der Waals surface area (Å²) in [6, 6.07) is 0.976. The Morgan fingerprint density at radius 1 is 1.47 bits per heavy atom. The molecule has 0 aliphatic carbocycles. The summed E-state index contributed by atoms with van der Waals surface area (Å²) in [5.41, 5.74) is -0.804. The van der Waals surface area contributed by atoms with Crippen molar-refractivity contribution < 1.29 is 13.2 Å². The molecule has 0 atom stereocenters. The first kappa shape index (κ1) is 12.6. The highest BCUT2D eigenvalue weighted by Crippen LogP contribution is 2.35. The van der Waals surface area contributed by atoms with Crippen LogP contribution in [0.25, 0.3) is 0 Å². The van der Waals surface area contributed by atoms with Gasteiger partial charge >= 0.3 is 6.18 Å². The summed E-state index contributed by atoms with van der Waals surface area (Å²) >= 11 is 8.31. The third-order valence-electron chi connectivity index (χ3n) is 1.55. The molecule has 1 aromatic rings. The van der Waals surface area contributed by atoms with E-state index in [1.54, 1.807) is 0 Å². The van der Waals surface area contributed by atoms with Crippen molar-refractivity contribution in [1.82, 2.24) is 4.98 Å². The van der Waals surface area contributed by atoms with Crippen LogP contribution >= 0.6 is 27.5 Å². The zero-order chi connectivity index (χ0) is 11.5. The molecule has 0 fully saturated rings. The molecule has 0 radical (unpaired) electrons. The maximum Gasteiger partial charge on any atom is 0.419 e. The van der Waals surface area contributed by atoms with Gasteiger partial charge in [0.1, 0.15) is 5.82 Å². The molecule has 2 nitrogen and oxygen atoms in total. The van der Waals surface area contributed by atoms with Crippen LogP contribution in [-0.4, -0.2) is 17.4 Å². The number of alkyl halides is 4. The monoisotopic (exact) mass is 302 g/mol. The lowest BCUT2D eigenvalue weighted by molar-refractivity contribution is -0.137. The quantitative estimate of drug-likeness (QED) is 0.864. The second kappa shape index (κ2) is 5.03. The third-order valence-corrected chi connectivity index (χ3v) is 2.17. The van der Waals surface area contributed by atoms with Gasteiger partial charge in [-0.05, 0) is 22.0 Å². The molecule has 84 valence electrons. The summed E-state index contributed by atoms with van der Waals surface area (Å²) in [7, 11) is 0. The van der Waals surface area contributed by atoms with Crippen LogP contribution in [0.15, 0.2) is 16.7 Å². The molecular formula is C8H7BrClF3N2. The second-order valence-corrected chi connectivity index (χ2v) is 3.96. The van der Waals surface area contributed by atoms with E-state index in [0.717, 1.165) is 6.07 Å². The molecule has 0 aliphatic rings. The predicted octanol–water partition coefficient (Wildman–Crippen LogP) is 3.51. The normalized spacial score (nSPS) is 11.5. The molecule has 0 spiro atoms.